The number of esters is 1. The van der Waals surface area contributed by atoms with Crippen LogP contribution in [0.4, 0.5) is 0 Å². The van der Waals surface area contributed by atoms with Gasteiger partial charge in [-0.25, -0.2) is 0 Å². The quantitative estimate of drug-likeness (QED) is 0.551. The van der Waals surface area contributed by atoms with Crippen molar-refractivity contribution in [3.8, 4) is 0 Å². The Balaban J connectivity index is 1.66. The number of hydrogen-bond acceptors (Lipinski definition) is 3. The molecule has 0 fully saturated rings. The van der Waals surface area contributed by atoms with Gasteiger partial charge in [0.15, 0.2) is 0 Å². The molecule has 138 valence electrons. The van der Waals surface area contributed by atoms with Crippen LogP contribution in [-0.2, 0) is 20.7 Å². The Hall–Kier alpha value is -2.62. The summed E-state index contributed by atoms with van der Waals surface area (Å²) in [7, 11) is 0. The molecule has 0 aliphatic carbocycles. The lowest BCUT2D eigenvalue weighted by atomic mass is 9.97. The zero-order valence-electron chi connectivity index (χ0n) is 15.5. The van der Waals surface area contributed by atoms with Gasteiger partial charge < -0.3 is 10.1 Å². The van der Waals surface area contributed by atoms with Crippen LogP contribution in [0.15, 0.2) is 54.6 Å². The SMILES string of the molecule is CCC(C(=O)OCCNC(=O)CCc1ccc(C)cc1)c1ccccc1. The number of carbonyl (C=O) groups excluding carboxylic acids is 2. The first-order valence-electron chi connectivity index (χ1n) is 9.14. The van der Waals surface area contributed by atoms with Gasteiger partial charge in [0.1, 0.15) is 6.61 Å². The van der Waals surface area contributed by atoms with Crippen LogP contribution in [0.25, 0.3) is 0 Å². The van der Waals surface area contributed by atoms with Crippen LogP contribution >= 0.6 is 0 Å². The second kappa shape index (κ2) is 10.4. The normalized spacial score (nSPS) is 11.6. The Morgan fingerprint density at radius 2 is 1.73 bits per heavy atom. The molecule has 2 aromatic rings. The van der Waals surface area contributed by atoms with Gasteiger partial charge in [-0.05, 0) is 30.9 Å². The lowest BCUT2D eigenvalue weighted by Crippen LogP contribution is -2.29. The first-order valence-corrected chi connectivity index (χ1v) is 9.14. The minimum atomic E-state index is -0.256. The first-order chi connectivity index (χ1) is 12.6. The van der Waals surface area contributed by atoms with E-state index in [0.717, 1.165) is 11.1 Å². The van der Waals surface area contributed by atoms with E-state index < -0.39 is 0 Å². The summed E-state index contributed by atoms with van der Waals surface area (Å²) in [6.07, 6.45) is 1.82. The minimum Gasteiger partial charge on any atom is -0.463 e. The molecule has 0 bridgehead atoms. The van der Waals surface area contributed by atoms with Crippen molar-refractivity contribution in [2.24, 2.45) is 0 Å². The molecule has 0 spiro atoms. The summed E-state index contributed by atoms with van der Waals surface area (Å²) in [4.78, 5) is 24.1. The van der Waals surface area contributed by atoms with Crippen molar-refractivity contribution in [2.45, 2.75) is 39.0 Å². The lowest BCUT2D eigenvalue weighted by molar-refractivity contribution is -0.145. The maximum Gasteiger partial charge on any atom is 0.313 e. The highest BCUT2D eigenvalue weighted by atomic mass is 16.5. The first kappa shape index (κ1) is 19.7. The molecule has 0 heterocycles. The summed E-state index contributed by atoms with van der Waals surface area (Å²) in [5.41, 5.74) is 3.31. The molecule has 2 aromatic carbocycles. The molecule has 0 aliphatic rings. The van der Waals surface area contributed by atoms with Gasteiger partial charge in [0, 0.05) is 6.42 Å². The van der Waals surface area contributed by atoms with Crippen LogP contribution in [0.3, 0.4) is 0 Å². The van der Waals surface area contributed by atoms with Gasteiger partial charge in [-0.3, -0.25) is 9.59 Å². The van der Waals surface area contributed by atoms with Crippen LogP contribution in [0, 0.1) is 6.92 Å². The maximum atomic E-state index is 12.2. The summed E-state index contributed by atoms with van der Waals surface area (Å²) in [6, 6.07) is 17.8. The van der Waals surface area contributed by atoms with Crippen molar-refractivity contribution in [1.29, 1.82) is 0 Å². The summed E-state index contributed by atoms with van der Waals surface area (Å²) in [5, 5.41) is 2.80. The van der Waals surface area contributed by atoms with Crippen molar-refractivity contribution < 1.29 is 14.3 Å². The van der Waals surface area contributed by atoms with Gasteiger partial charge >= 0.3 is 5.97 Å². The van der Waals surface area contributed by atoms with Gasteiger partial charge in [-0.15, -0.1) is 0 Å². The van der Waals surface area contributed by atoms with Crippen molar-refractivity contribution in [1.82, 2.24) is 5.32 Å². The Bertz CT molecular complexity index is 695. The van der Waals surface area contributed by atoms with Crippen LogP contribution in [0.2, 0.25) is 0 Å². The predicted molar refractivity (Wildman–Crippen MR) is 103 cm³/mol. The minimum absolute atomic E-state index is 0.0308. The average Bonchev–Trinajstić information content (AvgIpc) is 2.66. The number of benzene rings is 2. The monoisotopic (exact) mass is 353 g/mol. The number of amides is 1. The molecule has 26 heavy (non-hydrogen) atoms. The van der Waals surface area contributed by atoms with Crippen LogP contribution in [0.1, 0.15) is 42.4 Å². The Labute approximate surface area is 155 Å². The molecular formula is C22H27NO3. The van der Waals surface area contributed by atoms with Crippen LogP contribution in [-0.4, -0.2) is 25.0 Å². The van der Waals surface area contributed by atoms with E-state index in [-0.39, 0.29) is 24.4 Å². The zero-order valence-corrected chi connectivity index (χ0v) is 15.5. The predicted octanol–water partition coefficient (Wildman–Crippen LogP) is 3.78. The topological polar surface area (TPSA) is 55.4 Å². The van der Waals surface area contributed by atoms with Crippen LogP contribution < -0.4 is 5.32 Å². The van der Waals surface area contributed by atoms with E-state index in [4.69, 9.17) is 4.74 Å². The molecule has 1 N–H and O–H groups in total. The second-order valence-electron chi connectivity index (χ2n) is 6.37. The van der Waals surface area contributed by atoms with E-state index in [0.29, 0.717) is 25.8 Å². The summed E-state index contributed by atoms with van der Waals surface area (Å²) in [6.45, 7) is 4.53. The largest absolute Gasteiger partial charge is 0.463 e. The number of aryl methyl sites for hydroxylation is 2. The zero-order chi connectivity index (χ0) is 18.8. The average molecular weight is 353 g/mol. The molecular weight excluding hydrogens is 326 g/mol. The Morgan fingerprint density at radius 3 is 2.38 bits per heavy atom. The fourth-order valence-electron chi connectivity index (χ4n) is 2.77. The standard InChI is InChI=1S/C22H27NO3/c1-3-20(19-7-5-4-6-8-19)22(25)26-16-15-23-21(24)14-13-18-11-9-17(2)10-12-18/h4-12,20H,3,13-16H2,1-2H3,(H,23,24). The van der Waals surface area contributed by atoms with E-state index in [1.54, 1.807) is 0 Å². The van der Waals surface area contributed by atoms with Gasteiger partial charge in [0.2, 0.25) is 5.91 Å². The molecule has 1 unspecified atom stereocenters. The van der Waals surface area contributed by atoms with Crippen LogP contribution in [0.5, 0.6) is 0 Å². The third kappa shape index (κ3) is 6.36. The molecule has 1 amide bonds. The van der Waals surface area contributed by atoms with Crippen molar-refractivity contribution in [2.75, 3.05) is 13.2 Å². The van der Waals surface area contributed by atoms with Gasteiger partial charge in [-0.1, -0.05) is 67.1 Å². The Kier molecular flexibility index (Phi) is 7.87. The summed E-state index contributed by atoms with van der Waals surface area (Å²) < 4.78 is 5.32. The molecule has 0 aliphatic heterocycles. The molecule has 0 radical (unpaired) electrons. The molecule has 0 saturated carbocycles. The highest BCUT2D eigenvalue weighted by molar-refractivity contribution is 5.78. The molecule has 4 heteroatoms. The third-order valence-corrected chi connectivity index (χ3v) is 4.32. The molecule has 0 saturated heterocycles. The lowest BCUT2D eigenvalue weighted by Gasteiger charge is -2.14. The van der Waals surface area contributed by atoms with E-state index >= 15 is 0 Å². The summed E-state index contributed by atoms with van der Waals surface area (Å²) >= 11 is 0. The smallest absolute Gasteiger partial charge is 0.313 e. The van der Waals surface area contributed by atoms with Crippen molar-refractivity contribution in [3.05, 3.63) is 71.3 Å². The van der Waals surface area contributed by atoms with E-state index in [2.05, 4.69) is 5.32 Å². The van der Waals surface area contributed by atoms with Gasteiger partial charge in [-0.2, -0.15) is 0 Å². The van der Waals surface area contributed by atoms with Crippen molar-refractivity contribution in [3.63, 3.8) is 0 Å². The molecule has 4 nitrogen and oxygen atoms in total. The van der Waals surface area contributed by atoms with Gasteiger partial charge in [0.25, 0.3) is 0 Å². The van der Waals surface area contributed by atoms with E-state index in [9.17, 15) is 9.59 Å². The fourth-order valence-corrected chi connectivity index (χ4v) is 2.77. The fraction of sp³-hybridized carbons (Fsp3) is 0.364. The number of ether oxygens (including phenoxy) is 1. The number of rotatable bonds is 9. The van der Waals surface area contributed by atoms with E-state index in [1.807, 2.05) is 68.4 Å². The highest BCUT2D eigenvalue weighted by Crippen LogP contribution is 2.20. The molecule has 1 atom stereocenters. The second-order valence-corrected chi connectivity index (χ2v) is 6.37. The number of nitrogens with one attached hydrogen (secondary N) is 1. The van der Waals surface area contributed by atoms with Gasteiger partial charge in [0.05, 0.1) is 12.5 Å². The summed E-state index contributed by atoms with van der Waals surface area (Å²) in [5.74, 6) is -0.530. The Morgan fingerprint density at radius 1 is 1.04 bits per heavy atom. The molecule has 0 aromatic heterocycles. The highest BCUT2D eigenvalue weighted by Gasteiger charge is 2.19. The number of carbonyl (C=O) groups is 2. The molecule has 2 rings (SSSR count). The maximum absolute atomic E-state index is 12.2. The van der Waals surface area contributed by atoms with E-state index in [1.165, 1.54) is 5.56 Å². The number of hydrogen-bond donors (Lipinski definition) is 1. The van der Waals surface area contributed by atoms with Crippen molar-refractivity contribution >= 4 is 11.9 Å². The third-order valence-electron chi connectivity index (χ3n) is 4.32.